The highest BCUT2D eigenvalue weighted by Gasteiger charge is 2.17. The molecule has 0 fully saturated rings. The third-order valence-electron chi connectivity index (χ3n) is 2.72. The highest BCUT2D eigenvalue weighted by molar-refractivity contribution is 7.80. The van der Waals surface area contributed by atoms with Gasteiger partial charge in [-0.25, -0.2) is 0 Å². The number of thiol groups is 1. The number of nitrogens with zero attached hydrogens (tertiary/aromatic N) is 3. The lowest BCUT2D eigenvalue weighted by molar-refractivity contribution is 0.515. The van der Waals surface area contributed by atoms with Crippen LogP contribution in [-0.4, -0.2) is 15.2 Å². The average Bonchev–Trinajstić information content (AvgIpc) is 2.98. The van der Waals surface area contributed by atoms with Crippen LogP contribution in [0.1, 0.15) is 16.7 Å². The van der Waals surface area contributed by atoms with Crippen molar-refractivity contribution in [2.45, 2.75) is 5.25 Å². The Balaban J connectivity index is 1.90. The molecule has 0 bridgehead atoms. The van der Waals surface area contributed by atoms with Gasteiger partial charge in [-0.1, -0.05) is 18.2 Å². The van der Waals surface area contributed by atoms with Crippen molar-refractivity contribution in [3.63, 3.8) is 0 Å². The standard InChI is InChI=1S/C14H11N3OS/c19-12(10-6-8-15-9-7-10)14-17-16-13(18-14)11-4-2-1-3-5-11/h1-9,12,19H. The third kappa shape index (κ3) is 2.51. The van der Waals surface area contributed by atoms with Crippen molar-refractivity contribution in [1.82, 2.24) is 15.2 Å². The molecule has 0 saturated heterocycles. The van der Waals surface area contributed by atoms with E-state index in [2.05, 4.69) is 27.8 Å². The minimum atomic E-state index is -0.243. The molecule has 3 aromatic rings. The molecular formula is C14H11N3OS. The van der Waals surface area contributed by atoms with Crippen LogP contribution in [0.5, 0.6) is 0 Å². The number of hydrogen-bond donors (Lipinski definition) is 1. The summed E-state index contributed by atoms with van der Waals surface area (Å²) in [5.74, 6) is 0.983. The molecule has 94 valence electrons. The molecule has 4 nitrogen and oxygen atoms in total. The Kier molecular flexibility index (Phi) is 3.29. The first-order valence-electron chi connectivity index (χ1n) is 5.81. The molecule has 5 heteroatoms. The van der Waals surface area contributed by atoms with Gasteiger partial charge >= 0.3 is 0 Å². The van der Waals surface area contributed by atoms with E-state index in [-0.39, 0.29) is 5.25 Å². The Bertz CT molecular complexity index is 655. The monoisotopic (exact) mass is 269 g/mol. The zero-order valence-corrected chi connectivity index (χ0v) is 10.9. The summed E-state index contributed by atoms with van der Waals surface area (Å²) in [6.45, 7) is 0. The van der Waals surface area contributed by atoms with Crippen LogP contribution in [0.2, 0.25) is 0 Å². The fourth-order valence-electron chi connectivity index (χ4n) is 1.73. The SMILES string of the molecule is SC(c1ccncc1)c1nnc(-c2ccccc2)o1. The van der Waals surface area contributed by atoms with Gasteiger partial charge in [-0.3, -0.25) is 4.98 Å². The molecule has 1 aromatic carbocycles. The van der Waals surface area contributed by atoms with Crippen LogP contribution in [-0.2, 0) is 0 Å². The fourth-order valence-corrected chi connectivity index (χ4v) is 2.01. The van der Waals surface area contributed by atoms with Crippen LogP contribution in [0.25, 0.3) is 11.5 Å². The van der Waals surface area contributed by atoms with E-state index in [1.165, 1.54) is 0 Å². The lowest BCUT2D eigenvalue weighted by Crippen LogP contribution is -1.93. The Labute approximate surface area is 115 Å². The van der Waals surface area contributed by atoms with Crippen molar-refractivity contribution >= 4 is 12.6 Å². The molecular weight excluding hydrogens is 258 g/mol. The molecule has 2 heterocycles. The summed E-state index contributed by atoms with van der Waals surface area (Å²) < 4.78 is 5.67. The van der Waals surface area contributed by atoms with Gasteiger partial charge < -0.3 is 4.42 Å². The van der Waals surface area contributed by atoms with Gasteiger partial charge in [-0.15, -0.1) is 10.2 Å². The van der Waals surface area contributed by atoms with E-state index in [9.17, 15) is 0 Å². The number of pyridine rings is 1. The molecule has 0 radical (unpaired) electrons. The number of aromatic nitrogens is 3. The Morgan fingerprint density at radius 1 is 0.947 bits per heavy atom. The van der Waals surface area contributed by atoms with E-state index < -0.39 is 0 Å². The molecule has 0 aliphatic heterocycles. The quantitative estimate of drug-likeness (QED) is 0.742. The average molecular weight is 269 g/mol. The molecule has 0 spiro atoms. The van der Waals surface area contributed by atoms with Crippen LogP contribution < -0.4 is 0 Å². The second kappa shape index (κ2) is 5.24. The van der Waals surface area contributed by atoms with E-state index in [1.54, 1.807) is 12.4 Å². The molecule has 0 amide bonds. The summed E-state index contributed by atoms with van der Waals surface area (Å²) in [6, 6.07) is 13.4. The third-order valence-corrected chi connectivity index (χ3v) is 3.24. The first-order valence-corrected chi connectivity index (χ1v) is 6.33. The van der Waals surface area contributed by atoms with E-state index in [4.69, 9.17) is 4.42 Å². The molecule has 0 saturated carbocycles. The van der Waals surface area contributed by atoms with Crippen LogP contribution in [0.3, 0.4) is 0 Å². The minimum absolute atomic E-state index is 0.243. The fraction of sp³-hybridized carbons (Fsp3) is 0.0714. The molecule has 19 heavy (non-hydrogen) atoms. The predicted octanol–water partition coefficient (Wildman–Crippen LogP) is 3.15. The van der Waals surface area contributed by atoms with Crippen LogP contribution in [0.4, 0.5) is 0 Å². The van der Waals surface area contributed by atoms with Crippen LogP contribution in [0.15, 0.2) is 59.3 Å². The van der Waals surface area contributed by atoms with E-state index in [0.29, 0.717) is 11.8 Å². The van der Waals surface area contributed by atoms with Gasteiger partial charge in [0.25, 0.3) is 0 Å². The van der Waals surface area contributed by atoms with Gasteiger partial charge in [0.2, 0.25) is 11.8 Å². The topological polar surface area (TPSA) is 51.8 Å². The van der Waals surface area contributed by atoms with E-state index in [0.717, 1.165) is 11.1 Å². The second-order valence-electron chi connectivity index (χ2n) is 3.99. The number of rotatable bonds is 3. The molecule has 1 unspecified atom stereocenters. The summed E-state index contributed by atoms with van der Waals surface area (Å²) >= 11 is 4.51. The van der Waals surface area contributed by atoms with Crippen molar-refractivity contribution in [3.8, 4) is 11.5 Å². The lowest BCUT2D eigenvalue weighted by atomic mass is 10.2. The summed E-state index contributed by atoms with van der Waals surface area (Å²) in [5, 5.41) is 7.86. The Morgan fingerprint density at radius 3 is 2.42 bits per heavy atom. The molecule has 0 N–H and O–H groups in total. The zero-order chi connectivity index (χ0) is 13.1. The van der Waals surface area contributed by atoms with Crippen molar-refractivity contribution in [1.29, 1.82) is 0 Å². The van der Waals surface area contributed by atoms with Gasteiger partial charge in [-0.2, -0.15) is 12.6 Å². The van der Waals surface area contributed by atoms with E-state index >= 15 is 0 Å². The maximum absolute atomic E-state index is 5.67. The summed E-state index contributed by atoms with van der Waals surface area (Å²) in [7, 11) is 0. The van der Waals surface area contributed by atoms with E-state index in [1.807, 2.05) is 42.5 Å². The second-order valence-corrected chi connectivity index (χ2v) is 4.51. The highest BCUT2D eigenvalue weighted by atomic mass is 32.1. The van der Waals surface area contributed by atoms with Gasteiger partial charge in [-0.05, 0) is 29.8 Å². The zero-order valence-electron chi connectivity index (χ0n) is 9.97. The van der Waals surface area contributed by atoms with Crippen molar-refractivity contribution in [2.75, 3.05) is 0 Å². The Hall–Kier alpha value is -2.14. The van der Waals surface area contributed by atoms with Gasteiger partial charge in [0, 0.05) is 18.0 Å². The predicted molar refractivity (Wildman–Crippen MR) is 74.8 cm³/mol. The van der Waals surface area contributed by atoms with Crippen LogP contribution in [0, 0.1) is 0 Å². The first-order chi connectivity index (χ1) is 9.34. The number of hydrogen-bond acceptors (Lipinski definition) is 5. The summed E-state index contributed by atoms with van der Waals surface area (Å²) in [4.78, 5) is 3.97. The maximum atomic E-state index is 5.67. The molecule has 1 atom stereocenters. The lowest BCUT2D eigenvalue weighted by Gasteiger charge is -2.04. The summed E-state index contributed by atoms with van der Waals surface area (Å²) in [5.41, 5.74) is 1.87. The van der Waals surface area contributed by atoms with Gasteiger partial charge in [0.05, 0.1) is 0 Å². The first kappa shape index (κ1) is 11.9. The molecule has 2 aromatic heterocycles. The molecule has 0 aliphatic carbocycles. The van der Waals surface area contributed by atoms with Crippen molar-refractivity contribution in [2.24, 2.45) is 0 Å². The van der Waals surface area contributed by atoms with Gasteiger partial charge in [0.15, 0.2) is 0 Å². The van der Waals surface area contributed by atoms with Crippen LogP contribution >= 0.6 is 12.6 Å². The Morgan fingerprint density at radius 2 is 1.68 bits per heavy atom. The maximum Gasteiger partial charge on any atom is 0.247 e. The largest absolute Gasteiger partial charge is 0.419 e. The van der Waals surface area contributed by atoms with Crippen molar-refractivity contribution in [3.05, 3.63) is 66.3 Å². The number of benzene rings is 1. The van der Waals surface area contributed by atoms with Gasteiger partial charge in [0.1, 0.15) is 5.25 Å². The smallest absolute Gasteiger partial charge is 0.247 e. The molecule has 3 rings (SSSR count). The summed E-state index contributed by atoms with van der Waals surface area (Å²) in [6.07, 6.45) is 3.43. The van der Waals surface area contributed by atoms with Crippen molar-refractivity contribution < 1.29 is 4.42 Å². The highest BCUT2D eigenvalue weighted by Crippen LogP contribution is 2.28. The normalized spacial score (nSPS) is 12.3. The minimum Gasteiger partial charge on any atom is -0.419 e. The molecule has 0 aliphatic rings.